The van der Waals surface area contributed by atoms with Crippen molar-refractivity contribution in [1.82, 2.24) is 14.5 Å². The Balaban J connectivity index is 1.85. The average Bonchev–Trinajstić information content (AvgIpc) is 2.84. The van der Waals surface area contributed by atoms with Gasteiger partial charge >= 0.3 is 0 Å². The SMILES string of the molecule is CN(CCOc1cccc(Cl)c1)C(=O)c1nnsc1N. The molecular weight excluding hydrogens is 300 g/mol. The van der Waals surface area contributed by atoms with Crippen LogP contribution in [0.5, 0.6) is 5.75 Å². The van der Waals surface area contributed by atoms with Crippen LogP contribution >= 0.6 is 23.1 Å². The summed E-state index contributed by atoms with van der Waals surface area (Å²) in [6.07, 6.45) is 0. The van der Waals surface area contributed by atoms with E-state index >= 15 is 0 Å². The third kappa shape index (κ3) is 3.58. The molecule has 2 N–H and O–H groups in total. The predicted molar refractivity (Wildman–Crippen MR) is 78.2 cm³/mol. The molecule has 6 nitrogen and oxygen atoms in total. The Labute approximate surface area is 125 Å². The fourth-order valence-electron chi connectivity index (χ4n) is 1.49. The number of benzene rings is 1. The second-order valence-corrected chi connectivity index (χ2v) is 5.24. The van der Waals surface area contributed by atoms with Gasteiger partial charge in [-0.3, -0.25) is 4.79 Å². The fraction of sp³-hybridized carbons (Fsp3) is 0.250. The summed E-state index contributed by atoms with van der Waals surface area (Å²) in [5, 5.41) is 4.63. The van der Waals surface area contributed by atoms with Crippen molar-refractivity contribution in [2.75, 3.05) is 25.9 Å². The molecule has 1 amide bonds. The number of nitrogens with zero attached hydrogens (tertiary/aromatic N) is 3. The summed E-state index contributed by atoms with van der Waals surface area (Å²) in [5.74, 6) is 0.388. The van der Waals surface area contributed by atoms with Crippen LogP contribution < -0.4 is 10.5 Å². The van der Waals surface area contributed by atoms with Gasteiger partial charge in [0.1, 0.15) is 17.4 Å². The molecular formula is C12H13ClN4O2S. The predicted octanol–water partition coefficient (Wildman–Crippen LogP) is 1.92. The van der Waals surface area contributed by atoms with Crippen LogP contribution in [0.1, 0.15) is 10.5 Å². The number of nitrogen functional groups attached to an aromatic ring is 1. The minimum atomic E-state index is -0.272. The quantitative estimate of drug-likeness (QED) is 0.912. The maximum Gasteiger partial charge on any atom is 0.277 e. The molecule has 2 aromatic rings. The van der Waals surface area contributed by atoms with E-state index in [1.165, 1.54) is 4.90 Å². The number of anilines is 1. The van der Waals surface area contributed by atoms with Crippen molar-refractivity contribution in [3.8, 4) is 5.75 Å². The highest BCUT2D eigenvalue weighted by atomic mass is 35.5. The van der Waals surface area contributed by atoms with E-state index in [4.69, 9.17) is 22.1 Å². The lowest BCUT2D eigenvalue weighted by Crippen LogP contribution is -2.31. The van der Waals surface area contributed by atoms with Crippen LogP contribution in [0.4, 0.5) is 5.00 Å². The van der Waals surface area contributed by atoms with Gasteiger partial charge in [0, 0.05) is 23.6 Å². The first-order valence-corrected chi connectivity index (χ1v) is 6.94. The number of amides is 1. The van der Waals surface area contributed by atoms with Crippen molar-refractivity contribution >= 4 is 34.0 Å². The van der Waals surface area contributed by atoms with E-state index in [-0.39, 0.29) is 11.6 Å². The number of hydrogen-bond acceptors (Lipinski definition) is 6. The summed E-state index contributed by atoms with van der Waals surface area (Å²) in [6.45, 7) is 0.752. The molecule has 0 aliphatic heterocycles. The lowest BCUT2D eigenvalue weighted by molar-refractivity contribution is 0.0769. The lowest BCUT2D eigenvalue weighted by atomic mass is 10.3. The number of nitrogens with two attached hydrogens (primary N) is 1. The molecule has 0 atom stereocenters. The first-order chi connectivity index (χ1) is 9.58. The van der Waals surface area contributed by atoms with Crippen LogP contribution in [0, 0.1) is 0 Å². The highest BCUT2D eigenvalue weighted by Crippen LogP contribution is 2.17. The second kappa shape index (κ2) is 6.53. The molecule has 0 aliphatic rings. The summed E-state index contributed by atoms with van der Waals surface area (Å²) in [7, 11) is 1.66. The molecule has 20 heavy (non-hydrogen) atoms. The number of aromatic nitrogens is 2. The van der Waals surface area contributed by atoms with Crippen LogP contribution in [0.2, 0.25) is 5.02 Å². The Morgan fingerprint density at radius 3 is 3.00 bits per heavy atom. The minimum absolute atomic E-state index is 0.181. The van der Waals surface area contributed by atoms with Crippen molar-refractivity contribution in [1.29, 1.82) is 0 Å². The van der Waals surface area contributed by atoms with E-state index in [0.717, 1.165) is 11.5 Å². The lowest BCUT2D eigenvalue weighted by Gasteiger charge is -2.16. The maximum absolute atomic E-state index is 12.0. The van der Waals surface area contributed by atoms with Crippen LogP contribution in [-0.2, 0) is 0 Å². The number of ether oxygens (including phenoxy) is 1. The van der Waals surface area contributed by atoms with Gasteiger partial charge in [-0.05, 0) is 18.2 Å². The van der Waals surface area contributed by atoms with E-state index < -0.39 is 0 Å². The third-order valence-corrected chi connectivity index (χ3v) is 3.34. The number of hydrogen-bond donors (Lipinski definition) is 1. The van der Waals surface area contributed by atoms with Crippen LogP contribution in [-0.4, -0.2) is 40.6 Å². The Hall–Kier alpha value is -1.86. The second-order valence-electron chi connectivity index (χ2n) is 4.02. The van der Waals surface area contributed by atoms with Gasteiger partial charge in [0.2, 0.25) is 0 Å². The van der Waals surface area contributed by atoms with E-state index in [1.54, 1.807) is 31.3 Å². The van der Waals surface area contributed by atoms with Crippen molar-refractivity contribution < 1.29 is 9.53 Å². The van der Waals surface area contributed by atoms with Gasteiger partial charge in [-0.2, -0.15) is 0 Å². The molecule has 0 unspecified atom stereocenters. The normalized spacial score (nSPS) is 10.3. The van der Waals surface area contributed by atoms with E-state index in [9.17, 15) is 4.79 Å². The number of carbonyl (C=O) groups is 1. The molecule has 0 spiro atoms. The van der Waals surface area contributed by atoms with Gasteiger partial charge in [-0.1, -0.05) is 22.2 Å². The molecule has 2 rings (SSSR count). The Kier molecular flexibility index (Phi) is 4.75. The third-order valence-electron chi connectivity index (χ3n) is 2.55. The standard InChI is InChI=1S/C12H13ClN4O2S/c1-17(12(18)10-11(14)20-16-15-10)5-6-19-9-4-2-3-8(13)7-9/h2-4,7H,5-6,14H2,1H3. The molecule has 1 aromatic heterocycles. The molecule has 0 bridgehead atoms. The zero-order valence-corrected chi connectivity index (χ0v) is 12.3. The smallest absolute Gasteiger partial charge is 0.277 e. The van der Waals surface area contributed by atoms with Gasteiger partial charge in [-0.25, -0.2) is 0 Å². The van der Waals surface area contributed by atoms with Crippen molar-refractivity contribution in [2.45, 2.75) is 0 Å². The van der Waals surface area contributed by atoms with Crippen LogP contribution in [0.25, 0.3) is 0 Å². The molecule has 106 valence electrons. The van der Waals surface area contributed by atoms with E-state index in [1.807, 2.05) is 0 Å². The van der Waals surface area contributed by atoms with Gasteiger partial charge in [0.05, 0.1) is 6.54 Å². The zero-order chi connectivity index (χ0) is 14.5. The van der Waals surface area contributed by atoms with Crippen molar-refractivity contribution in [2.24, 2.45) is 0 Å². The summed E-state index contributed by atoms with van der Waals surface area (Å²) in [5.41, 5.74) is 5.80. The Bertz CT molecular complexity index is 605. The van der Waals surface area contributed by atoms with Crippen molar-refractivity contribution in [3.63, 3.8) is 0 Å². The Morgan fingerprint density at radius 1 is 1.55 bits per heavy atom. The summed E-state index contributed by atoms with van der Waals surface area (Å²) in [6, 6.07) is 7.08. The molecule has 0 saturated carbocycles. The van der Waals surface area contributed by atoms with Crippen LogP contribution in [0.15, 0.2) is 24.3 Å². The number of halogens is 1. The van der Waals surface area contributed by atoms with Gasteiger partial charge in [0.15, 0.2) is 5.69 Å². The first-order valence-electron chi connectivity index (χ1n) is 5.79. The number of rotatable bonds is 5. The molecule has 1 aromatic carbocycles. The molecule has 0 radical (unpaired) electrons. The largest absolute Gasteiger partial charge is 0.492 e. The monoisotopic (exact) mass is 312 g/mol. The minimum Gasteiger partial charge on any atom is -0.492 e. The number of likely N-dealkylation sites (N-methyl/N-ethyl adjacent to an activating group) is 1. The average molecular weight is 313 g/mol. The van der Waals surface area contributed by atoms with E-state index in [0.29, 0.717) is 28.9 Å². The highest BCUT2D eigenvalue weighted by Gasteiger charge is 2.18. The maximum atomic E-state index is 12.0. The molecule has 0 aliphatic carbocycles. The summed E-state index contributed by atoms with van der Waals surface area (Å²) in [4.78, 5) is 13.5. The fourth-order valence-corrected chi connectivity index (χ4v) is 2.09. The molecule has 0 fully saturated rings. The Morgan fingerprint density at radius 2 is 2.35 bits per heavy atom. The molecule has 1 heterocycles. The molecule has 0 saturated heterocycles. The summed E-state index contributed by atoms with van der Waals surface area (Å²) >= 11 is 6.84. The van der Waals surface area contributed by atoms with Gasteiger partial charge < -0.3 is 15.4 Å². The number of carbonyl (C=O) groups excluding carboxylic acids is 1. The van der Waals surface area contributed by atoms with Crippen molar-refractivity contribution in [3.05, 3.63) is 35.0 Å². The first kappa shape index (κ1) is 14.5. The summed E-state index contributed by atoms with van der Waals surface area (Å²) < 4.78 is 9.15. The van der Waals surface area contributed by atoms with E-state index in [2.05, 4.69) is 9.59 Å². The van der Waals surface area contributed by atoms with Gasteiger partial charge in [-0.15, -0.1) is 5.10 Å². The topological polar surface area (TPSA) is 81.3 Å². The van der Waals surface area contributed by atoms with Crippen LogP contribution in [0.3, 0.4) is 0 Å². The highest BCUT2D eigenvalue weighted by molar-refractivity contribution is 7.10. The zero-order valence-electron chi connectivity index (χ0n) is 10.7. The van der Waals surface area contributed by atoms with Gasteiger partial charge in [0.25, 0.3) is 5.91 Å². The molecule has 8 heteroatoms.